The number of ether oxygens (including phenoxy) is 1. The maximum absolute atomic E-state index is 14.0. The number of aromatic nitrogens is 1. The van der Waals surface area contributed by atoms with Gasteiger partial charge in [0, 0.05) is 18.8 Å². The summed E-state index contributed by atoms with van der Waals surface area (Å²) in [5.74, 6) is -1.36. The smallest absolute Gasteiger partial charge is 0.254 e. The second-order valence-electron chi connectivity index (χ2n) is 6.49. The fourth-order valence-corrected chi connectivity index (χ4v) is 3.18. The third-order valence-electron chi connectivity index (χ3n) is 4.70. The van der Waals surface area contributed by atoms with Gasteiger partial charge in [0.2, 0.25) is 5.75 Å². The molecule has 28 heavy (non-hydrogen) atoms. The monoisotopic (exact) mass is 383 g/mol. The summed E-state index contributed by atoms with van der Waals surface area (Å²) in [4.78, 5) is 16.1. The van der Waals surface area contributed by atoms with Crippen molar-refractivity contribution in [3.05, 3.63) is 53.2 Å². The number of amides is 1. The Kier molecular flexibility index (Phi) is 4.18. The molecular weight excluding hydrogens is 365 g/mol. The Balaban J connectivity index is 1.78. The van der Waals surface area contributed by atoms with Crippen molar-refractivity contribution in [1.29, 1.82) is 0 Å². The van der Waals surface area contributed by atoms with Gasteiger partial charge in [-0.15, -0.1) is 0 Å². The molecule has 3 aromatic rings. The number of anilines is 1. The SMILES string of the molecule is CNC(=O)c1coc2c(OC(C)c3c(C4=CC4)ccc(F)c3O)c(N)ncc12. The molecule has 7 nitrogen and oxygen atoms in total. The van der Waals surface area contributed by atoms with Crippen LogP contribution in [0, 0.1) is 5.82 Å². The molecule has 4 N–H and O–H groups in total. The third-order valence-corrected chi connectivity index (χ3v) is 4.70. The molecule has 0 bridgehead atoms. The van der Waals surface area contributed by atoms with Crippen molar-refractivity contribution >= 4 is 28.3 Å². The fraction of sp³-hybridized carbons (Fsp3) is 0.200. The predicted octanol–water partition coefficient (Wildman–Crippen LogP) is 3.54. The van der Waals surface area contributed by atoms with E-state index in [2.05, 4.69) is 10.3 Å². The molecule has 0 spiro atoms. The lowest BCUT2D eigenvalue weighted by molar-refractivity contribution is 0.0964. The van der Waals surface area contributed by atoms with Crippen LogP contribution in [-0.4, -0.2) is 23.0 Å². The number of nitrogen functional groups attached to an aromatic ring is 1. The summed E-state index contributed by atoms with van der Waals surface area (Å²) in [5, 5.41) is 13.2. The Hall–Kier alpha value is -3.55. The van der Waals surface area contributed by atoms with Crippen molar-refractivity contribution in [3.63, 3.8) is 0 Å². The molecule has 2 heterocycles. The average Bonchev–Trinajstić information content (AvgIpc) is 3.44. The molecular formula is C20H18FN3O4. The van der Waals surface area contributed by atoms with Crippen molar-refractivity contribution < 1.29 is 23.4 Å². The first-order valence-electron chi connectivity index (χ1n) is 8.67. The fourth-order valence-electron chi connectivity index (χ4n) is 3.18. The highest BCUT2D eigenvalue weighted by Crippen LogP contribution is 2.43. The maximum atomic E-state index is 14.0. The second kappa shape index (κ2) is 6.56. The van der Waals surface area contributed by atoms with Gasteiger partial charge in [0.15, 0.2) is 23.0 Å². The number of phenolic OH excluding ortho intramolecular Hbond substituents is 1. The highest BCUT2D eigenvalue weighted by atomic mass is 19.1. The Morgan fingerprint density at radius 2 is 2.21 bits per heavy atom. The number of hydrogen-bond donors (Lipinski definition) is 3. The summed E-state index contributed by atoms with van der Waals surface area (Å²) in [6.07, 6.45) is 4.72. The van der Waals surface area contributed by atoms with Crippen molar-refractivity contribution in [2.24, 2.45) is 0 Å². The van der Waals surface area contributed by atoms with E-state index in [0.29, 0.717) is 16.5 Å². The van der Waals surface area contributed by atoms with E-state index in [-0.39, 0.29) is 23.1 Å². The van der Waals surface area contributed by atoms with Gasteiger partial charge in [-0.05, 0) is 30.5 Å². The molecule has 1 aliphatic carbocycles. The number of fused-ring (bicyclic) bond motifs is 1. The Morgan fingerprint density at radius 1 is 1.46 bits per heavy atom. The van der Waals surface area contributed by atoms with Crippen LogP contribution in [0.25, 0.3) is 16.5 Å². The van der Waals surface area contributed by atoms with Crippen LogP contribution in [0.2, 0.25) is 0 Å². The van der Waals surface area contributed by atoms with E-state index in [1.165, 1.54) is 25.6 Å². The number of nitrogens with one attached hydrogen (secondary N) is 1. The number of pyridine rings is 1. The van der Waals surface area contributed by atoms with E-state index < -0.39 is 17.7 Å². The van der Waals surface area contributed by atoms with Crippen LogP contribution in [0.5, 0.6) is 11.5 Å². The number of hydrogen-bond acceptors (Lipinski definition) is 6. The number of aromatic hydroxyl groups is 1. The first kappa shape index (κ1) is 17.8. The standard InChI is InChI=1S/C20H18FN3O4/c1-9(15-11(10-3-4-10)5-6-14(21)16(15)25)28-18-17-12(7-24-19(18)22)13(8-27-17)20(26)23-2/h3,5-9,25H,4H2,1-2H3,(H2,22,24)(H,23,26). The van der Waals surface area contributed by atoms with E-state index in [1.54, 1.807) is 13.0 Å². The van der Waals surface area contributed by atoms with Crippen LogP contribution in [0.1, 0.15) is 40.9 Å². The minimum Gasteiger partial charge on any atom is -0.505 e. The molecule has 4 rings (SSSR count). The van der Waals surface area contributed by atoms with Crippen molar-refractivity contribution in [1.82, 2.24) is 10.3 Å². The molecule has 0 fully saturated rings. The molecule has 0 saturated carbocycles. The number of carbonyl (C=O) groups excluding carboxylic acids is 1. The number of phenols is 1. The molecule has 2 aromatic heterocycles. The molecule has 0 aliphatic heterocycles. The van der Waals surface area contributed by atoms with Gasteiger partial charge in [-0.25, -0.2) is 9.37 Å². The Labute approximate surface area is 159 Å². The van der Waals surface area contributed by atoms with Crippen molar-refractivity contribution in [2.45, 2.75) is 19.4 Å². The first-order valence-corrected chi connectivity index (χ1v) is 8.67. The van der Waals surface area contributed by atoms with E-state index in [1.807, 2.05) is 6.08 Å². The minimum absolute atomic E-state index is 0.0558. The zero-order valence-electron chi connectivity index (χ0n) is 15.2. The van der Waals surface area contributed by atoms with E-state index >= 15 is 0 Å². The largest absolute Gasteiger partial charge is 0.505 e. The molecule has 0 radical (unpaired) electrons. The maximum Gasteiger partial charge on any atom is 0.254 e. The molecule has 1 amide bonds. The van der Waals surface area contributed by atoms with Gasteiger partial charge < -0.3 is 25.3 Å². The summed E-state index contributed by atoms with van der Waals surface area (Å²) in [5.41, 5.74) is 8.55. The molecule has 0 saturated heterocycles. The molecule has 1 atom stereocenters. The number of carbonyl (C=O) groups is 1. The van der Waals surface area contributed by atoms with Gasteiger partial charge in [0.1, 0.15) is 12.4 Å². The van der Waals surface area contributed by atoms with Crippen LogP contribution < -0.4 is 15.8 Å². The quantitative estimate of drug-likeness (QED) is 0.621. The number of furan rings is 1. The normalized spacial score (nSPS) is 13.9. The van der Waals surface area contributed by atoms with Gasteiger partial charge in [0.05, 0.1) is 10.9 Å². The number of allylic oxidation sites excluding steroid dienone is 2. The zero-order chi connectivity index (χ0) is 20.0. The molecule has 1 aliphatic rings. The summed E-state index contributed by atoms with van der Waals surface area (Å²) >= 11 is 0. The number of nitrogens with zero attached hydrogens (tertiary/aromatic N) is 1. The summed E-state index contributed by atoms with van der Waals surface area (Å²) in [7, 11) is 1.51. The zero-order valence-corrected chi connectivity index (χ0v) is 15.2. The van der Waals surface area contributed by atoms with E-state index in [4.69, 9.17) is 14.9 Å². The van der Waals surface area contributed by atoms with Gasteiger partial charge in [-0.1, -0.05) is 12.1 Å². The first-order chi connectivity index (χ1) is 13.4. The van der Waals surface area contributed by atoms with Gasteiger partial charge in [-0.2, -0.15) is 0 Å². The van der Waals surface area contributed by atoms with Crippen LogP contribution >= 0.6 is 0 Å². The summed E-state index contributed by atoms with van der Waals surface area (Å²) in [6, 6.07) is 2.83. The molecule has 144 valence electrons. The highest BCUT2D eigenvalue weighted by molar-refractivity contribution is 6.07. The lowest BCUT2D eigenvalue weighted by Crippen LogP contribution is -2.17. The molecule has 1 aromatic carbocycles. The van der Waals surface area contributed by atoms with Crippen LogP contribution in [0.4, 0.5) is 10.2 Å². The van der Waals surface area contributed by atoms with Gasteiger partial charge >= 0.3 is 0 Å². The number of nitrogens with two attached hydrogens (primary N) is 1. The van der Waals surface area contributed by atoms with E-state index in [0.717, 1.165) is 17.6 Å². The number of rotatable bonds is 5. The summed E-state index contributed by atoms with van der Waals surface area (Å²) in [6.45, 7) is 1.67. The van der Waals surface area contributed by atoms with Gasteiger partial charge in [-0.3, -0.25) is 4.79 Å². The van der Waals surface area contributed by atoms with Crippen LogP contribution in [0.3, 0.4) is 0 Å². The summed E-state index contributed by atoms with van der Waals surface area (Å²) < 4.78 is 25.5. The number of benzene rings is 1. The lowest BCUT2D eigenvalue weighted by atomic mass is 9.99. The van der Waals surface area contributed by atoms with Crippen LogP contribution in [0.15, 0.2) is 35.1 Å². The average molecular weight is 383 g/mol. The predicted molar refractivity (Wildman–Crippen MR) is 102 cm³/mol. The van der Waals surface area contributed by atoms with Gasteiger partial charge in [0.25, 0.3) is 5.91 Å². The Morgan fingerprint density at radius 3 is 2.89 bits per heavy atom. The molecule has 8 heteroatoms. The Bertz CT molecular complexity index is 1140. The number of halogens is 1. The van der Waals surface area contributed by atoms with Crippen LogP contribution in [-0.2, 0) is 0 Å². The lowest BCUT2D eigenvalue weighted by Gasteiger charge is -2.20. The second-order valence-corrected chi connectivity index (χ2v) is 6.49. The molecule has 1 unspecified atom stereocenters. The minimum atomic E-state index is -0.754. The third kappa shape index (κ3) is 2.83. The topological polar surface area (TPSA) is 111 Å². The van der Waals surface area contributed by atoms with E-state index in [9.17, 15) is 14.3 Å². The van der Waals surface area contributed by atoms with Crippen molar-refractivity contribution in [3.8, 4) is 11.5 Å². The highest BCUT2D eigenvalue weighted by Gasteiger charge is 2.27. The van der Waals surface area contributed by atoms with Crippen molar-refractivity contribution in [2.75, 3.05) is 12.8 Å².